The van der Waals surface area contributed by atoms with E-state index in [1.165, 1.54) is 12.1 Å². The molecule has 4 nitrogen and oxygen atoms in total. The standard InChI is InChI=1S/C15H20FNO3/c1-2-20-12-5-7-17(8-6-12)10-11-3-4-14(16)13(9-11)15(18)19/h3-4,9,12H,2,5-8,10H2,1H3,(H,18,19). The highest BCUT2D eigenvalue weighted by Crippen LogP contribution is 2.18. The predicted octanol–water partition coefficient (Wildman–Crippen LogP) is 2.52. The smallest absolute Gasteiger partial charge is 0.338 e. The fourth-order valence-electron chi connectivity index (χ4n) is 2.56. The Morgan fingerprint density at radius 1 is 1.45 bits per heavy atom. The fraction of sp³-hybridized carbons (Fsp3) is 0.533. The molecule has 0 atom stereocenters. The Kier molecular flexibility index (Phi) is 5.09. The van der Waals surface area contributed by atoms with E-state index in [0.29, 0.717) is 12.6 Å². The maximum atomic E-state index is 13.3. The van der Waals surface area contributed by atoms with Gasteiger partial charge in [-0.25, -0.2) is 9.18 Å². The fourth-order valence-corrected chi connectivity index (χ4v) is 2.56. The lowest BCUT2D eigenvalue weighted by Crippen LogP contribution is -2.36. The molecule has 0 aliphatic carbocycles. The van der Waals surface area contributed by atoms with Crippen LogP contribution in [0.3, 0.4) is 0 Å². The predicted molar refractivity (Wildman–Crippen MR) is 73.3 cm³/mol. The van der Waals surface area contributed by atoms with Crippen LogP contribution in [-0.2, 0) is 11.3 Å². The van der Waals surface area contributed by atoms with Gasteiger partial charge in [-0.2, -0.15) is 0 Å². The van der Waals surface area contributed by atoms with E-state index in [0.717, 1.165) is 38.1 Å². The van der Waals surface area contributed by atoms with E-state index >= 15 is 0 Å². The number of aromatic carboxylic acids is 1. The van der Waals surface area contributed by atoms with Crippen molar-refractivity contribution >= 4 is 5.97 Å². The number of carboxylic acids is 1. The summed E-state index contributed by atoms with van der Waals surface area (Å²) in [5.74, 6) is -1.91. The first kappa shape index (κ1) is 14.9. The molecule has 1 aromatic rings. The molecule has 20 heavy (non-hydrogen) atoms. The molecular formula is C15H20FNO3. The lowest BCUT2D eigenvalue weighted by Gasteiger charge is -2.31. The average molecular weight is 281 g/mol. The molecule has 0 spiro atoms. The van der Waals surface area contributed by atoms with Gasteiger partial charge in [0.25, 0.3) is 0 Å². The van der Waals surface area contributed by atoms with E-state index in [9.17, 15) is 9.18 Å². The maximum Gasteiger partial charge on any atom is 0.338 e. The largest absolute Gasteiger partial charge is 0.478 e. The number of carboxylic acid groups (broad SMARTS) is 1. The lowest BCUT2D eigenvalue weighted by molar-refractivity contribution is 0.0125. The minimum Gasteiger partial charge on any atom is -0.478 e. The SMILES string of the molecule is CCOC1CCN(Cc2ccc(F)c(C(=O)O)c2)CC1. The van der Waals surface area contributed by atoms with Crippen LogP contribution in [0, 0.1) is 5.82 Å². The molecule has 1 aromatic carbocycles. The van der Waals surface area contributed by atoms with Crippen molar-refractivity contribution in [1.82, 2.24) is 4.90 Å². The van der Waals surface area contributed by atoms with Crippen LogP contribution in [0.5, 0.6) is 0 Å². The van der Waals surface area contributed by atoms with Crippen molar-refractivity contribution in [2.75, 3.05) is 19.7 Å². The van der Waals surface area contributed by atoms with Gasteiger partial charge in [0, 0.05) is 26.2 Å². The van der Waals surface area contributed by atoms with Crippen LogP contribution in [-0.4, -0.2) is 41.8 Å². The Morgan fingerprint density at radius 3 is 2.75 bits per heavy atom. The highest BCUT2D eigenvalue weighted by Gasteiger charge is 2.20. The van der Waals surface area contributed by atoms with Crippen LogP contribution in [0.1, 0.15) is 35.7 Å². The summed E-state index contributed by atoms with van der Waals surface area (Å²) >= 11 is 0. The second kappa shape index (κ2) is 6.81. The van der Waals surface area contributed by atoms with E-state index in [1.54, 1.807) is 6.07 Å². The first-order valence-corrected chi connectivity index (χ1v) is 6.95. The Balaban J connectivity index is 1.94. The molecule has 0 radical (unpaired) electrons. The van der Waals surface area contributed by atoms with Gasteiger partial charge in [-0.05, 0) is 37.5 Å². The number of halogens is 1. The van der Waals surface area contributed by atoms with Crippen molar-refractivity contribution < 1.29 is 19.0 Å². The monoisotopic (exact) mass is 281 g/mol. The lowest BCUT2D eigenvalue weighted by atomic mass is 10.1. The summed E-state index contributed by atoms with van der Waals surface area (Å²) in [4.78, 5) is 13.2. The molecule has 1 saturated heterocycles. The molecule has 0 bridgehead atoms. The molecule has 1 fully saturated rings. The van der Waals surface area contributed by atoms with Crippen molar-refractivity contribution in [1.29, 1.82) is 0 Å². The van der Waals surface area contributed by atoms with E-state index in [-0.39, 0.29) is 5.56 Å². The van der Waals surface area contributed by atoms with Crippen LogP contribution in [0.2, 0.25) is 0 Å². The topological polar surface area (TPSA) is 49.8 Å². The molecule has 1 N–H and O–H groups in total. The molecule has 5 heteroatoms. The zero-order valence-corrected chi connectivity index (χ0v) is 11.6. The Hall–Kier alpha value is -1.46. The normalized spacial score (nSPS) is 17.3. The molecular weight excluding hydrogens is 261 g/mol. The molecule has 0 amide bonds. The zero-order chi connectivity index (χ0) is 14.5. The summed E-state index contributed by atoms with van der Waals surface area (Å²) in [6.45, 7) is 5.23. The number of benzene rings is 1. The van der Waals surface area contributed by atoms with Gasteiger partial charge in [0.05, 0.1) is 11.7 Å². The van der Waals surface area contributed by atoms with Gasteiger partial charge in [0.2, 0.25) is 0 Å². The number of rotatable bonds is 5. The van der Waals surface area contributed by atoms with Crippen LogP contribution < -0.4 is 0 Å². The second-order valence-corrected chi connectivity index (χ2v) is 5.05. The first-order valence-electron chi connectivity index (χ1n) is 6.95. The van der Waals surface area contributed by atoms with Crippen molar-refractivity contribution in [3.8, 4) is 0 Å². The zero-order valence-electron chi connectivity index (χ0n) is 11.6. The van der Waals surface area contributed by atoms with E-state index in [4.69, 9.17) is 9.84 Å². The van der Waals surface area contributed by atoms with Gasteiger partial charge in [-0.1, -0.05) is 6.07 Å². The third kappa shape index (κ3) is 3.77. The molecule has 1 aliphatic heterocycles. The third-order valence-electron chi connectivity index (χ3n) is 3.60. The first-order chi connectivity index (χ1) is 9.60. The van der Waals surface area contributed by atoms with Gasteiger partial charge < -0.3 is 9.84 Å². The Bertz CT molecular complexity index is 470. The quantitative estimate of drug-likeness (QED) is 0.901. The molecule has 1 aliphatic rings. The number of hydrogen-bond acceptors (Lipinski definition) is 3. The van der Waals surface area contributed by atoms with Gasteiger partial charge in [0.1, 0.15) is 5.82 Å². The molecule has 1 heterocycles. The van der Waals surface area contributed by atoms with Gasteiger partial charge >= 0.3 is 5.97 Å². The third-order valence-corrected chi connectivity index (χ3v) is 3.60. The maximum absolute atomic E-state index is 13.3. The van der Waals surface area contributed by atoms with Gasteiger partial charge in [-0.3, -0.25) is 4.90 Å². The van der Waals surface area contributed by atoms with Crippen molar-refractivity contribution in [3.05, 3.63) is 35.1 Å². The van der Waals surface area contributed by atoms with Crippen LogP contribution in [0.4, 0.5) is 4.39 Å². The average Bonchev–Trinajstić information content (AvgIpc) is 2.43. The van der Waals surface area contributed by atoms with E-state index in [1.807, 2.05) is 6.92 Å². The summed E-state index contributed by atoms with van der Waals surface area (Å²) < 4.78 is 18.9. The number of piperidine rings is 1. The summed E-state index contributed by atoms with van der Waals surface area (Å²) in [5, 5.41) is 8.92. The van der Waals surface area contributed by atoms with Gasteiger partial charge in [0.15, 0.2) is 0 Å². The Labute approximate surface area is 118 Å². The van der Waals surface area contributed by atoms with Gasteiger partial charge in [-0.15, -0.1) is 0 Å². The molecule has 0 unspecified atom stereocenters. The van der Waals surface area contributed by atoms with E-state index in [2.05, 4.69) is 4.90 Å². The molecule has 0 aromatic heterocycles. The number of hydrogen-bond donors (Lipinski definition) is 1. The number of ether oxygens (including phenoxy) is 1. The minimum absolute atomic E-state index is 0.258. The highest BCUT2D eigenvalue weighted by molar-refractivity contribution is 5.88. The molecule has 2 rings (SSSR count). The van der Waals surface area contributed by atoms with Crippen LogP contribution in [0.15, 0.2) is 18.2 Å². The minimum atomic E-state index is -1.22. The Morgan fingerprint density at radius 2 is 2.15 bits per heavy atom. The summed E-state index contributed by atoms with van der Waals surface area (Å²) in [6, 6.07) is 4.30. The van der Waals surface area contributed by atoms with Crippen LogP contribution in [0.25, 0.3) is 0 Å². The number of nitrogens with zero attached hydrogens (tertiary/aromatic N) is 1. The van der Waals surface area contributed by atoms with Crippen molar-refractivity contribution in [2.45, 2.75) is 32.4 Å². The molecule has 0 saturated carbocycles. The second-order valence-electron chi connectivity index (χ2n) is 5.05. The van der Waals surface area contributed by atoms with E-state index < -0.39 is 11.8 Å². The highest BCUT2D eigenvalue weighted by atomic mass is 19.1. The van der Waals surface area contributed by atoms with Crippen molar-refractivity contribution in [3.63, 3.8) is 0 Å². The molecule has 110 valence electrons. The summed E-state index contributed by atoms with van der Waals surface area (Å²) in [7, 11) is 0. The number of likely N-dealkylation sites (tertiary alicyclic amines) is 1. The number of carbonyl (C=O) groups is 1. The van der Waals surface area contributed by atoms with Crippen LogP contribution >= 0.6 is 0 Å². The summed E-state index contributed by atoms with van der Waals surface area (Å²) in [5.41, 5.74) is 0.574. The van der Waals surface area contributed by atoms with Crippen molar-refractivity contribution in [2.24, 2.45) is 0 Å². The summed E-state index contributed by atoms with van der Waals surface area (Å²) in [6.07, 6.45) is 2.31.